The summed E-state index contributed by atoms with van der Waals surface area (Å²) in [6, 6.07) is 17.2. The molecule has 0 amide bonds. The van der Waals surface area contributed by atoms with Crippen LogP contribution in [-0.2, 0) is 6.54 Å². The monoisotopic (exact) mass is 296 g/mol. The van der Waals surface area contributed by atoms with Gasteiger partial charge in [-0.05, 0) is 29.5 Å². The summed E-state index contributed by atoms with van der Waals surface area (Å²) in [4.78, 5) is 1.53. The molecule has 0 aliphatic carbocycles. The van der Waals surface area contributed by atoms with Gasteiger partial charge >= 0.3 is 0 Å². The minimum Gasteiger partial charge on any atom is -0.497 e. The fraction of sp³-hybridized carbons (Fsp3) is 0.188. The van der Waals surface area contributed by atoms with Gasteiger partial charge in [-0.1, -0.05) is 30.3 Å². The Morgan fingerprint density at radius 1 is 0.955 bits per heavy atom. The van der Waals surface area contributed by atoms with Crippen LogP contribution in [-0.4, -0.2) is 33.9 Å². The summed E-state index contributed by atoms with van der Waals surface area (Å²) in [5, 5.41) is 12.4. The molecule has 2 aromatic carbocycles. The molecule has 0 atom stereocenters. The molecule has 6 heteroatoms. The van der Waals surface area contributed by atoms with Crippen LogP contribution in [0.5, 0.6) is 11.5 Å². The largest absolute Gasteiger partial charge is 0.497 e. The van der Waals surface area contributed by atoms with Crippen molar-refractivity contribution in [1.29, 1.82) is 0 Å². The van der Waals surface area contributed by atoms with Gasteiger partial charge in [0.1, 0.15) is 18.1 Å². The van der Waals surface area contributed by atoms with Crippen molar-refractivity contribution >= 4 is 0 Å². The van der Waals surface area contributed by atoms with Gasteiger partial charge in [-0.2, -0.15) is 4.80 Å². The van der Waals surface area contributed by atoms with Gasteiger partial charge in [0.25, 0.3) is 0 Å². The number of hydrogen-bond donors (Lipinski definition) is 0. The molecule has 0 unspecified atom stereocenters. The van der Waals surface area contributed by atoms with E-state index in [0.29, 0.717) is 19.0 Å². The predicted molar refractivity (Wildman–Crippen MR) is 81.7 cm³/mol. The number of ether oxygens (including phenoxy) is 2. The Morgan fingerprint density at radius 2 is 1.68 bits per heavy atom. The van der Waals surface area contributed by atoms with E-state index in [1.165, 1.54) is 4.80 Å². The van der Waals surface area contributed by atoms with E-state index in [2.05, 4.69) is 15.4 Å². The number of rotatable bonds is 6. The number of aromatic nitrogens is 4. The lowest BCUT2D eigenvalue weighted by Crippen LogP contribution is -2.11. The molecule has 0 spiro atoms. The molecule has 6 nitrogen and oxygen atoms in total. The van der Waals surface area contributed by atoms with E-state index in [-0.39, 0.29) is 0 Å². The Hall–Kier alpha value is -2.89. The van der Waals surface area contributed by atoms with E-state index in [9.17, 15) is 0 Å². The van der Waals surface area contributed by atoms with E-state index < -0.39 is 0 Å². The van der Waals surface area contributed by atoms with Gasteiger partial charge in [0.2, 0.25) is 5.82 Å². The Bertz CT molecular complexity index is 711. The first kappa shape index (κ1) is 14.1. The standard InChI is InChI=1S/C16H16N4O2/c1-21-14-7-9-15(10-8-14)22-12-11-20-18-16(17-19-20)13-5-3-2-4-6-13/h2-10H,11-12H2,1H3. The molecule has 0 saturated carbocycles. The van der Waals surface area contributed by atoms with Crippen LogP contribution in [0, 0.1) is 0 Å². The van der Waals surface area contributed by atoms with Crippen molar-refractivity contribution < 1.29 is 9.47 Å². The smallest absolute Gasteiger partial charge is 0.204 e. The Balaban J connectivity index is 1.54. The number of benzene rings is 2. The molecule has 0 N–H and O–H groups in total. The van der Waals surface area contributed by atoms with Gasteiger partial charge in [0.05, 0.1) is 13.7 Å². The van der Waals surface area contributed by atoms with Crippen LogP contribution in [0.3, 0.4) is 0 Å². The van der Waals surface area contributed by atoms with Crippen molar-refractivity contribution in [3.8, 4) is 22.9 Å². The molecule has 1 heterocycles. The molecule has 1 aromatic heterocycles. The number of hydrogen-bond acceptors (Lipinski definition) is 5. The fourth-order valence-corrected chi connectivity index (χ4v) is 1.96. The molecule has 0 aliphatic rings. The minimum atomic E-state index is 0.469. The second-order valence-electron chi connectivity index (χ2n) is 4.60. The first-order chi connectivity index (χ1) is 10.8. The summed E-state index contributed by atoms with van der Waals surface area (Å²) < 4.78 is 10.7. The molecule has 3 aromatic rings. The molecule has 22 heavy (non-hydrogen) atoms. The Labute approximate surface area is 128 Å². The zero-order valence-corrected chi connectivity index (χ0v) is 12.2. The van der Waals surface area contributed by atoms with E-state index in [4.69, 9.17) is 9.47 Å². The lowest BCUT2D eigenvalue weighted by Gasteiger charge is -2.06. The maximum absolute atomic E-state index is 5.64. The summed E-state index contributed by atoms with van der Waals surface area (Å²) in [5.74, 6) is 2.20. The second-order valence-corrected chi connectivity index (χ2v) is 4.60. The third kappa shape index (κ3) is 3.41. The number of tetrazole rings is 1. The van der Waals surface area contributed by atoms with Crippen molar-refractivity contribution in [3.05, 3.63) is 54.6 Å². The summed E-state index contributed by atoms with van der Waals surface area (Å²) in [5.41, 5.74) is 0.949. The van der Waals surface area contributed by atoms with E-state index in [1.807, 2.05) is 54.6 Å². The lowest BCUT2D eigenvalue weighted by molar-refractivity contribution is 0.280. The first-order valence-electron chi connectivity index (χ1n) is 6.95. The highest BCUT2D eigenvalue weighted by Gasteiger charge is 2.05. The minimum absolute atomic E-state index is 0.469. The van der Waals surface area contributed by atoms with Gasteiger partial charge in [-0.25, -0.2) is 0 Å². The topological polar surface area (TPSA) is 62.1 Å². The average molecular weight is 296 g/mol. The number of methoxy groups -OCH3 is 1. The molecule has 0 fully saturated rings. The van der Waals surface area contributed by atoms with Gasteiger partial charge in [0.15, 0.2) is 0 Å². The molecule has 0 aliphatic heterocycles. The lowest BCUT2D eigenvalue weighted by atomic mass is 10.2. The van der Waals surface area contributed by atoms with E-state index in [1.54, 1.807) is 7.11 Å². The molecule has 0 bridgehead atoms. The first-order valence-corrected chi connectivity index (χ1v) is 6.95. The molecule has 112 valence electrons. The molecule has 0 radical (unpaired) electrons. The summed E-state index contributed by atoms with van der Waals surface area (Å²) in [7, 11) is 1.64. The molecule has 0 saturated heterocycles. The average Bonchev–Trinajstić information content (AvgIpc) is 3.05. The number of nitrogens with zero attached hydrogens (tertiary/aromatic N) is 4. The highest BCUT2D eigenvalue weighted by Crippen LogP contribution is 2.17. The van der Waals surface area contributed by atoms with Crippen molar-refractivity contribution in [3.63, 3.8) is 0 Å². The SMILES string of the molecule is COc1ccc(OCCn2nnc(-c3ccccc3)n2)cc1. The van der Waals surface area contributed by atoms with E-state index >= 15 is 0 Å². The molecular weight excluding hydrogens is 280 g/mol. The summed E-state index contributed by atoms with van der Waals surface area (Å²) in [6.45, 7) is 1.00. The molecule has 3 rings (SSSR count). The van der Waals surface area contributed by atoms with Gasteiger partial charge < -0.3 is 9.47 Å². The van der Waals surface area contributed by atoms with Crippen LogP contribution in [0.4, 0.5) is 0 Å². The van der Waals surface area contributed by atoms with Crippen LogP contribution in [0.2, 0.25) is 0 Å². The maximum Gasteiger partial charge on any atom is 0.204 e. The highest BCUT2D eigenvalue weighted by atomic mass is 16.5. The zero-order valence-electron chi connectivity index (χ0n) is 12.2. The second kappa shape index (κ2) is 6.71. The van der Waals surface area contributed by atoms with Crippen LogP contribution in [0.15, 0.2) is 54.6 Å². The van der Waals surface area contributed by atoms with Crippen LogP contribution in [0.1, 0.15) is 0 Å². The predicted octanol–water partition coefficient (Wildman–Crippen LogP) is 2.43. The summed E-state index contributed by atoms with van der Waals surface area (Å²) >= 11 is 0. The fourth-order valence-electron chi connectivity index (χ4n) is 1.96. The quantitative estimate of drug-likeness (QED) is 0.699. The van der Waals surface area contributed by atoms with Crippen molar-refractivity contribution in [2.45, 2.75) is 6.54 Å². The van der Waals surface area contributed by atoms with Crippen LogP contribution in [0.25, 0.3) is 11.4 Å². The van der Waals surface area contributed by atoms with E-state index in [0.717, 1.165) is 17.1 Å². The van der Waals surface area contributed by atoms with Crippen molar-refractivity contribution in [2.75, 3.05) is 13.7 Å². The van der Waals surface area contributed by atoms with Crippen molar-refractivity contribution in [1.82, 2.24) is 20.2 Å². The van der Waals surface area contributed by atoms with Crippen LogP contribution >= 0.6 is 0 Å². The third-order valence-electron chi connectivity index (χ3n) is 3.10. The summed E-state index contributed by atoms with van der Waals surface area (Å²) in [6.07, 6.45) is 0. The Morgan fingerprint density at radius 3 is 2.41 bits per heavy atom. The van der Waals surface area contributed by atoms with Gasteiger partial charge in [-0.3, -0.25) is 0 Å². The van der Waals surface area contributed by atoms with Crippen molar-refractivity contribution in [2.24, 2.45) is 0 Å². The van der Waals surface area contributed by atoms with Gasteiger partial charge in [0, 0.05) is 5.56 Å². The zero-order chi connectivity index (χ0) is 15.2. The van der Waals surface area contributed by atoms with Gasteiger partial charge in [-0.15, -0.1) is 10.2 Å². The van der Waals surface area contributed by atoms with Crippen LogP contribution < -0.4 is 9.47 Å². The maximum atomic E-state index is 5.64. The Kier molecular flexibility index (Phi) is 4.29. The third-order valence-corrected chi connectivity index (χ3v) is 3.10. The molecular formula is C16H16N4O2. The highest BCUT2D eigenvalue weighted by molar-refractivity contribution is 5.52. The normalized spacial score (nSPS) is 10.4.